The summed E-state index contributed by atoms with van der Waals surface area (Å²) in [4.78, 5) is 16.8. The van der Waals surface area contributed by atoms with E-state index < -0.39 is 5.69 Å². The fourth-order valence-electron chi connectivity index (χ4n) is 3.16. The van der Waals surface area contributed by atoms with E-state index in [1.165, 1.54) is 18.4 Å². The van der Waals surface area contributed by atoms with Crippen molar-refractivity contribution in [3.63, 3.8) is 0 Å². The largest absolute Gasteiger partial charge is 0.368 e. The average molecular weight is 349 g/mol. The Morgan fingerprint density at radius 2 is 2.00 bits per heavy atom. The number of quaternary nitrogens is 1. The Morgan fingerprint density at radius 3 is 2.71 bits per heavy atom. The third kappa shape index (κ3) is 4.55. The highest BCUT2D eigenvalue weighted by Crippen LogP contribution is 2.13. The van der Waals surface area contributed by atoms with Crippen LogP contribution in [0.5, 0.6) is 0 Å². The molecule has 128 valence electrons. The van der Waals surface area contributed by atoms with Crippen LogP contribution in [0, 0.1) is 12.8 Å². The second-order valence-corrected chi connectivity index (χ2v) is 6.89. The highest BCUT2D eigenvalue weighted by molar-refractivity contribution is 6.30. The molecule has 3 rings (SSSR count). The zero-order valence-corrected chi connectivity index (χ0v) is 14.6. The number of hydrogen-bond donors (Lipinski definition) is 3. The zero-order valence-electron chi connectivity index (χ0n) is 13.8. The molecule has 0 bridgehead atoms. The maximum Gasteiger partial charge on any atom is 0.363 e. The molecular weight excluding hydrogens is 326 g/mol. The Labute approximate surface area is 146 Å². The van der Waals surface area contributed by atoms with Gasteiger partial charge in [-0.2, -0.15) is 10.1 Å². The number of likely N-dealkylation sites (tertiary alicyclic amines) is 1. The summed E-state index contributed by atoms with van der Waals surface area (Å²) in [7, 11) is 0. The molecule has 1 saturated heterocycles. The molecule has 0 spiro atoms. The topological polar surface area (TPSA) is 75.1 Å². The highest BCUT2D eigenvalue weighted by Gasteiger charge is 2.22. The van der Waals surface area contributed by atoms with Crippen LogP contribution < -0.4 is 15.9 Å². The Morgan fingerprint density at radius 1 is 1.29 bits per heavy atom. The van der Waals surface area contributed by atoms with Gasteiger partial charge < -0.3 is 10.2 Å². The smallest absolute Gasteiger partial charge is 0.363 e. The van der Waals surface area contributed by atoms with E-state index >= 15 is 0 Å². The Kier molecular flexibility index (Phi) is 5.48. The third-order valence-corrected chi connectivity index (χ3v) is 4.87. The summed E-state index contributed by atoms with van der Waals surface area (Å²) < 4.78 is 0. The molecule has 0 saturated carbocycles. The predicted octanol–water partition coefficient (Wildman–Crippen LogP) is 1.03. The van der Waals surface area contributed by atoms with Crippen molar-refractivity contribution >= 4 is 17.4 Å². The molecule has 3 N–H and O–H groups in total. The van der Waals surface area contributed by atoms with E-state index in [1.807, 2.05) is 19.1 Å². The number of benzene rings is 1. The first-order valence-electron chi connectivity index (χ1n) is 8.35. The Balaban J connectivity index is 1.46. The van der Waals surface area contributed by atoms with Gasteiger partial charge in [0.1, 0.15) is 12.2 Å². The second-order valence-electron chi connectivity index (χ2n) is 6.45. The van der Waals surface area contributed by atoms with Crippen molar-refractivity contribution in [2.24, 2.45) is 5.92 Å². The molecule has 0 radical (unpaired) electrons. The van der Waals surface area contributed by atoms with Gasteiger partial charge >= 0.3 is 5.69 Å². The van der Waals surface area contributed by atoms with Gasteiger partial charge in [0.15, 0.2) is 5.82 Å². The van der Waals surface area contributed by atoms with E-state index in [4.69, 9.17) is 11.6 Å². The average Bonchev–Trinajstić information content (AvgIpc) is 2.59. The number of halogens is 1. The van der Waals surface area contributed by atoms with Gasteiger partial charge in [0.2, 0.25) is 0 Å². The quantitative estimate of drug-likeness (QED) is 0.754. The van der Waals surface area contributed by atoms with Crippen LogP contribution in [0.2, 0.25) is 5.02 Å². The number of aromatic nitrogens is 3. The molecule has 7 heteroatoms. The van der Waals surface area contributed by atoms with Crippen molar-refractivity contribution < 1.29 is 4.90 Å². The fraction of sp³-hybridized carbons (Fsp3) is 0.471. The van der Waals surface area contributed by atoms with Crippen LogP contribution in [0.25, 0.3) is 0 Å². The van der Waals surface area contributed by atoms with Crippen molar-refractivity contribution in [3.05, 3.63) is 51.0 Å². The molecule has 0 amide bonds. The maximum absolute atomic E-state index is 11.3. The van der Waals surface area contributed by atoms with Crippen LogP contribution in [-0.4, -0.2) is 34.8 Å². The number of piperidine rings is 1. The normalized spacial score (nSPS) is 20.8. The summed E-state index contributed by atoms with van der Waals surface area (Å²) in [6, 6.07) is 8.13. The fourth-order valence-corrected chi connectivity index (χ4v) is 3.28. The van der Waals surface area contributed by atoms with Gasteiger partial charge in [-0.05, 0) is 25.0 Å². The number of anilines is 1. The molecule has 2 heterocycles. The van der Waals surface area contributed by atoms with Crippen molar-refractivity contribution in [2.75, 3.05) is 25.0 Å². The van der Waals surface area contributed by atoms with Crippen LogP contribution in [0.15, 0.2) is 29.1 Å². The number of rotatable bonds is 5. The summed E-state index contributed by atoms with van der Waals surface area (Å²) in [5, 5.41) is 10.3. The van der Waals surface area contributed by atoms with E-state index in [0.29, 0.717) is 11.7 Å². The molecule has 1 aliphatic rings. The summed E-state index contributed by atoms with van der Waals surface area (Å²) in [5.74, 6) is 1.20. The molecule has 1 aromatic carbocycles. The number of nitrogens with zero attached hydrogens (tertiary/aromatic N) is 2. The first-order chi connectivity index (χ1) is 11.6. The monoisotopic (exact) mass is 348 g/mol. The SMILES string of the molecule is Cc1n[nH]c(=O)nc1NCC1CC[NH+](Cc2ccc(Cl)cc2)CC1. The van der Waals surface area contributed by atoms with Crippen LogP contribution in [-0.2, 0) is 6.54 Å². The number of hydrogen-bond acceptors (Lipinski definition) is 4. The highest BCUT2D eigenvalue weighted by atomic mass is 35.5. The van der Waals surface area contributed by atoms with E-state index in [2.05, 4.69) is 32.6 Å². The summed E-state index contributed by atoms with van der Waals surface area (Å²) in [6.07, 6.45) is 2.34. The van der Waals surface area contributed by atoms with Crippen LogP contribution in [0.3, 0.4) is 0 Å². The lowest BCUT2D eigenvalue weighted by atomic mass is 9.96. The lowest BCUT2D eigenvalue weighted by Gasteiger charge is -2.29. The van der Waals surface area contributed by atoms with Crippen LogP contribution in [0.1, 0.15) is 24.1 Å². The van der Waals surface area contributed by atoms with Gasteiger partial charge in [-0.1, -0.05) is 23.7 Å². The van der Waals surface area contributed by atoms with Crippen molar-refractivity contribution in [3.8, 4) is 0 Å². The summed E-state index contributed by atoms with van der Waals surface area (Å²) in [6.45, 7) is 6.05. The second kappa shape index (κ2) is 7.77. The van der Waals surface area contributed by atoms with Gasteiger partial charge in [0.25, 0.3) is 0 Å². The van der Waals surface area contributed by atoms with E-state index in [9.17, 15) is 4.79 Å². The number of aryl methyl sites for hydroxylation is 1. The van der Waals surface area contributed by atoms with E-state index in [-0.39, 0.29) is 0 Å². The maximum atomic E-state index is 11.3. The first kappa shape index (κ1) is 16.9. The van der Waals surface area contributed by atoms with Crippen LogP contribution >= 0.6 is 11.6 Å². The Bertz CT molecular complexity index is 723. The molecule has 6 nitrogen and oxygen atoms in total. The Hall–Kier alpha value is -1.92. The first-order valence-corrected chi connectivity index (χ1v) is 8.73. The van der Waals surface area contributed by atoms with Gasteiger partial charge in [0.05, 0.1) is 13.1 Å². The number of H-pyrrole nitrogens is 1. The molecule has 1 fully saturated rings. The zero-order chi connectivity index (χ0) is 16.9. The standard InChI is InChI=1S/C17H22ClN5O/c1-12-16(20-17(24)22-21-12)19-10-13-6-8-23(9-7-13)11-14-2-4-15(18)5-3-14/h2-5,13H,6-11H2,1H3,(H2,19,20,22,24)/p+1. The van der Waals surface area contributed by atoms with Gasteiger partial charge in [-0.25, -0.2) is 9.89 Å². The minimum absolute atomic E-state index is 0.412. The molecule has 1 aliphatic heterocycles. The van der Waals surface area contributed by atoms with E-state index in [0.717, 1.165) is 36.9 Å². The van der Waals surface area contributed by atoms with Crippen molar-refractivity contribution in [2.45, 2.75) is 26.3 Å². The molecular formula is C17H23ClN5O+. The lowest BCUT2D eigenvalue weighted by molar-refractivity contribution is -0.919. The van der Waals surface area contributed by atoms with E-state index in [1.54, 1.807) is 4.90 Å². The molecule has 0 unspecified atom stereocenters. The molecule has 0 atom stereocenters. The molecule has 2 aromatic rings. The van der Waals surface area contributed by atoms with Gasteiger partial charge in [-0.15, -0.1) is 0 Å². The number of aromatic amines is 1. The molecule has 0 aliphatic carbocycles. The predicted molar refractivity (Wildman–Crippen MR) is 94.5 cm³/mol. The van der Waals surface area contributed by atoms with Crippen molar-refractivity contribution in [1.29, 1.82) is 0 Å². The van der Waals surface area contributed by atoms with Crippen LogP contribution in [0.4, 0.5) is 5.82 Å². The lowest BCUT2D eigenvalue weighted by Crippen LogP contribution is -3.11. The van der Waals surface area contributed by atoms with Gasteiger partial charge in [0, 0.05) is 30.0 Å². The number of nitrogens with one attached hydrogen (secondary N) is 3. The molecule has 24 heavy (non-hydrogen) atoms. The summed E-state index contributed by atoms with van der Waals surface area (Å²) >= 11 is 5.93. The third-order valence-electron chi connectivity index (χ3n) is 4.61. The summed E-state index contributed by atoms with van der Waals surface area (Å²) in [5.41, 5.74) is 1.64. The molecule has 1 aromatic heterocycles. The minimum atomic E-state index is -0.412. The van der Waals surface area contributed by atoms with Crippen molar-refractivity contribution in [1.82, 2.24) is 15.2 Å². The van der Waals surface area contributed by atoms with Gasteiger partial charge in [-0.3, -0.25) is 0 Å². The minimum Gasteiger partial charge on any atom is -0.368 e.